The second-order valence-corrected chi connectivity index (χ2v) is 4.18. The van der Waals surface area contributed by atoms with Crippen molar-refractivity contribution in [2.24, 2.45) is 5.73 Å². The Labute approximate surface area is 123 Å². The number of halogens is 1. The molecule has 1 heterocycles. The first kappa shape index (κ1) is 16.1. The van der Waals surface area contributed by atoms with Gasteiger partial charge in [0.05, 0.1) is 6.04 Å². The molecule has 1 amide bonds. The fourth-order valence-corrected chi connectivity index (χ4v) is 1.62. The summed E-state index contributed by atoms with van der Waals surface area (Å²) in [6.45, 7) is 4.27. The number of benzene rings is 1. The van der Waals surface area contributed by atoms with Gasteiger partial charge < -0.3 is 11.1 Å². The van der Waals surface area contributed by atoms with E-state index in [1.165, 1.54) is 0 Å². The van der Waals surface area contributed by atoms with Crippen LogP contribution < -0.4 is 11.1 Å². The molecule has 1 aromatic heterocycles. The van der Waals surface area contributed by atoms with Gasteiger partial charge in [0, 0.05) is 17.8 Å². The Hall–Kier alpha value is -1.99. The molecule has 0 spiro atoms. The van der Waals surface area contributed by atoms with E-state index in [4.69, 9.17) is 5.73 Å². The monoisotopic (exact) mass is 296 g/mol. The van der Waals surface area contributed by atoms with Crippen LogP contribution in [0.5, 0.6) is 0 Å². The topological polar surface area (TPSA) is 98.7 Å². The van der Waals surface area contributed by atoms with Crippen LogP contribution in [0.1, 0.15) is 13.8 Å². The quantitative estimate of drug-likeness (QED) is 0.879. The van der Waals surface area contributed by atoms with E-state index in [1.807, 2.05) is 25.1 Å². The number of rotatable bonds is 4. The van der Waals surface area contributed by atoms with Gasteiger partial charge in [-0.05, 0) is 36.4 Å². The standard InChI is InChI=1S/C12H16N6O.ClH/c1-3-18-11(15-16-17-18)9-5-4-6-10(7-9)14-12(19)8(2)13;/h4-8H,3,13H2,1-2H3,(H,14,19);1H/t8-;/m0./s1. The van der Waals surface area contributed by atoms with Crippen molar-refractivity contribution < 1.29 is 4.79 Å². The summed E-state index contributed by atoms with van der Waals surface area (Å²) in [6.07, 6.45) is 0. The van der Waals surface area contributed by atoms with Crippen molar-refractivity contribution in [3.05, 3.63) is 24.3 Å². The number of hydrogen-bond acceptors (Lipinski definition) is 5. The molecule has 0 unspecified atom stereocenters. The van der Waals surface area contributed by atoms with Crippen LogP contribution in [-0.4, -0.2) is 32.2 Å². The summed E-state index contributed by atoms with van der Waals surface area (Å²) >= 11 is 0. The molecule has 108 valence electrons. The Balaban J connectivity index is 0.00000200. The largest absolute Gasteiger partial charge is 0.325 e. The molecule has 0 aliphatic rings. The molecule has 20 heavy (non-hydrogen) atoms. The summed E-state index contributed by atoms with van der Waals surface area (Å²) in [7, 11) is 0. The molecule has 1 atom stereocenters. The molecule has 0 saturated heterocycles. The Morgan fingerprint density at radius 2 is 2.25 bits per heavy atom. The third-order valence-corrected chi connectivity index (χ3v) is 2.63. The van der Waals surface area contributed by atoms with Crippen LogP contribution in [0.2, 0.25) is 0 Å². The van der Waals surface area contributed by atoms with Crippen LogP contribution in [0, 0.1) is 0 Å². The first-order chi connectivity index (χ1) is 9.11. The fourth-order valence-electron chi connectivity index (χ4n) is 1.62. The fraction of sp³-hybridized carbons (Fsp3) is 0.333. The van der Waals surface area contributed by atoms with Crippen LogP contribution in [0.3, 0.4) is 0 Å². The molecule has 8 heteroatoms. The highest BCUT2D eigenvalue weighted by atomic mass is 35.5. The van der Waals surface area contributed by atoms with Gasteiger partial charge in [0.1, 0.15) is 0 Å². The normalized spacial score (nSPS) is 11.6. The van der Waals surface area contributed by atoms with Gasteiger partial charge in [-0.25, -0.2) is 4.68 Å². The minimum Gasteiger partial charge on any atom is -0.325 e. The lowest BCUT2D eigenvalue weighted by Gasteiger charge is -2.09. The molecule has 3 N–H and O–H groups in total. The minimum absolute atomic E-state index is 0. The summed E-state index contributed by atoms with van der Waals surface area (Å²) in [5.74, 6) is 0.437. The molecule has 0 aliphatic carbocycles. The number of tetrazole rings is 1. The maximum atomic E-state index is 11.6. The molecule has 2 rings (SSSR count). The van der Waals surface area contributed by atoms with Gasteiger partial charge in [-0.1, -0.05) is 12.1 Å². The number of aryl methyl sites for hydroxylation is 1. The lowest BCUT2D eigenvalue weighted by atomic mass is 10.2. The number of carbonyl (C=O) groups excluding carboxylic acids is 1. The molecular weight excluding hydrogens is 280 g/mol. The molecule has 0 radical (unpaired) electrons. The highest BCUT2D eigenvalue weighted by Crippen LogP contribution is 2.20. The number of carbonyl (C=O) groups is 1. The van der Waals surface area contributed by atoms with Gasteiger partial charge in [-0.2, -0.15) is 0 Å². The van der Waals surface area contributed by atoms with Gasteiger partial charge in [-0.15, -0.1) is 17.5 Å². The Morgan fingerprint density at radius 1 is 1.50 bits per heavy atom. The van der Waals surface area contributed by atoms with E-state index in [0.29, 0.717) is 18.1 Å². The number of aromatic nitrogens is 4. The second kappa shape index (κ2) is 6.97. The van der Waals surface area contributed by atoms with Crippen LogP contribution in [-0.2, 0) is 11.3 Å². The molecule has 0 aliphatic heterocycles. The van der Waals surface area contributed by atoms with Crippen molar-refractivity contribution in [2.75, 3.05) is 5.32 Å². The third kappa shape index (κ3) is 3.52. The van der Waals surface area contributed by atoms with Gasteiger partial charge in [0.25, 0.3) is 0 Å². The first-order valence-electron chi connectivity index (χ1n) is 6.05. The number of nitrogens with zero attached hydrogens (tertiary/aromatic N) is 4. The lowest BCUT2D eigenvalue weighted by Crippen LogP contribution is -2.32. The van der Waals surface area contributed by atoms with Gasteiger partial charge in [0.2, 0.25) is 5.91 Å². The zero-order valence-electron chi connectivity index (χ0n) is 11.3. The summed E-state index contributed by atoms with van der Waals surface area (Å²) in [6, 6.07) is 6.78. The zero-order chi connectivity index (χ0) is 13.8. The van der Waals surface area contributed by atoms with E-state index < -0.39 is 6.04 Å². The van der Waals surface area contributed by atoms with E-state index in [0.717, 1.165) is 5.56 Å². The highest BCUT2D eigenvalue weighted by Gasteiger charge is 2.10. The number of hydrogen-bond donors (Lipinski definition) is 2. The molecule has 0 saturated carbocycles. The Morgan fingerprint density at radius 3 is 2.90 bits per heavy atom. The number of nitrogens with one attached hydrogen (secondary N) is 1. The van der Waals surface area contributed by atoms with Crippen LogP contribution in [0.15, 0.2) is 24.3 Å². The lowest BCUT2D eigenvalue weighted by molar-refractivity contribution is -0.117. The van der Waals surface area contributed by atoms with Crippen molar-refractivity contribution in [1.29, 1.82) is 0 Å². The number of anilines is 1. The van der Waals surface area contributed by atoms with E-state index in [2.05, 4.69) is 20.8 Å². The smallest absolute Gasteiger partial charge is 0.240 e. The van der Waals surface area contributed by atoms with E-state index in [1.54, 1.807) is 17.7 Å². The van der Waals surface area contributed by atoms with Crippen LogP contribution in [0.4, 0.5) is 5.69 Å². The molecule has 2 aromatic rings. The van der Waals surface area contributed by atoms with Gasteiger partial charge >= 0.3 is 0 Å². The maximum Gasteiger partial charge on any atom is 0.240 e. The predicted molar refractivity (Wildman–Crippen MR) is 78.5 cm³/mol. The van der Waals surface area contributed by atoms with Crippen molar-refractivity contribution in [3.63, 3.8) is 0 Å². The SMILES string of the molecule is CCn1nnnc1-c1cccc(NC(=O)[C@H](C)N)c1.Cl. The van der Waals surface area contributed by atoms with Crippen LogP contribution in [0.25, 0.3) is 11.4 Å². The van der Waals surface area contributed by atoms with Gasteiger partial charge in [-0.3, -0.25) is 4.79 Å². The van der Waals surface area contributed by atoms with Crippen LogP contribution >= 0.6 is 12.4 Å². The van der Waals surface area contributed by atoms with E-state index in [9.17, 15) is 4.79 Å². The summed E-state index contributed by atoms with van der Waals surface area (Å²) in [5, 5.41) is 14.2. The minimum atomic E-state index is -0.551. The Kier molecular flexibility index (Phi) is 5.60. The van der Waals surface area contributed by atoms with Crippen molar-refractivity contribution in [2.45, 2.75) is 26.4 Å². The predicted octanol–water partition coefficient (Wildman–Crippen LogP) is 1.07. The summed E-state index contributed by atoms with van der Waals surface area (Å²) in [5.41, 5.74) is 7.03. The average molecular weight is 297 g/mol. The molecule has 1 aromatic carbocycles. The summed E-state index contributed by atoms with van der Waals surface area (Å²) in [4.78, 5) is 11.6. The van der Waals surface area contributed by atoms with E-state index in [-0.39, 0.29) is 18.3 Å². The molecule has 7 nitrogen and oxygen atoms in total. The molecule has 0 fully saturated rings. The Bertz CT molecular complexity index is 583. The average Bonchev–Trinajstić information content (AvgIpc) is 2.87. The third-order valence-electron chi connectivity index (χ3n) is 2.63. The van der Waals surface area contributed by atoms with Crippen molar-refractivity contribution in [3.8, 4) is 11.4 Å². The molecule has 0 bridgehead atoms. The first-order valence-corrected chi connectivity index (χ1v) is 6.05. The number of nitrogens with two attached hydrogens (primary N) is 1. The van der Waals surface area contributed by atoms with E-state index >= 15 is 0 Å². The van der Waals surface area contributed by atoms with Crippen molar-refractivity contribution in [1.82, 2.24) is 20.2 Å². The van der Waals surface area contributed by atoms with Crippen molar-refractivity contribution >= 4 is 24.0 Å². The number of amides is 1. The van der Waals surface area contributed by atoms with Gasteiger partial charge in [0.15, 0.2) is 5.82 Å². The highest BCUT2D eigenvalue weighted by molar-refractivity contribution is 5.94. The second-order valence-electron chi connectivity index (χ2n) is 4.18. The maximum absolute atomic E-state index is 11.6. The zero-order valence-corrected chi connectivity index (χ0v) is 12.1. The summed E-state index contributed by atoms with van der Waals surface area (Å²) < 4.78 is 1.69. The molecular formula is C12H17ClN6O.